The van der Waals surface area contributed by atoms with E-state index in [0.717, 1.165) is 12.1 Å². The van der Waals surface area contributed by atoms with Crippen LogP contribution in [0.4, 0.5) is 0 Å². The highest BCUT2D eigenvalue weighted by Crippen LogP contribution is 2.11. The highest BCUT2D eigenvalue weighted by molar-refractivity contribution is 4.79. The summed E-state index contributed by atoms with van der Waals surface area (Å²) in [5.41, 5.74) is 0. The first kappa shape index (κ1) is 13.0. The van der Waals surface area contributed by atoms with E-state index in [2.05, 4.69) is 31.0 Å². The monoisotopic (exact) mass is 212 g/mol. The zero-order valence-corrected chi connectivity index (χ0v) is 10.8. The van der Waals surface area contributed by atoms with Crippen LogP contribution < -0.4 is 5.32 Å². The van der Waals surface area contributed by atoms with Crippen LogP contribution in [0.1, 0.15) is 52.9 Å². The van der Waals surface area contributed by atoms with Gasteiger partial charge in [0, 0.05) is 18.6 Å². The predicted octanol–water partition coefficient (Wildman–Crippen LogP) is 2.64. The van der Waals surface area contributed by atoms with Crippen molar-refractivity contribution in [2.75, 3.05) is 19.6 Å². The number of hydrogen-bond acceptors (Lipinski definition) is 2. The third-order valence-electron chi connectivity index (χ3n) is 3.63. The number of nitrogens with one attached hydrogen (secondary N) is 1. The number of hydrogen-bond donors (Lipinski definition) is 1. The lowest BCUT2D eigenvalue weighted by molar-refractivity contribution is 0.184. The van der Waals surface area contributed by atoms with Gasteiger partial charge in [0.25, 0.3) is 0 Å². The fourth-order valence-corrected chi connectivity index (χ4v) is 2.31. The summed E-state index contributed by atoms with van der Waals surface area (Å²) in [5.74, 6) is 0. The van der Waals surface area contributed by atoms with Crippen LogP contribution in [0.3, 0.4) is 0 Å². The molecule has 0 saturated carbocycles. The van der Waals surface area contributed by atoms with Gasteiger partial charge in [-0.05, 0) is 45.7 Å². The Labute approximate surface area is 95.4 Å². The maximum Gasteiger partial charge on any atom is 0.0195 e. The second-order valence-corrected chi connectivity index (χ2v) is 4.90. The maximum atomic E-state index is 3.60. The summed E-state index contributed by atoms with van der Waals surface area (Å²) in [6.07, 6.45) is 6.67. The smallest absolute Gasteiger partial charge is 0.0195 e. The molecule has 2 heteroatoms. The van der Waals surface area contributed by atoms with Crippen LogP contribution in [0, 0.1) is 0 Å². The molecule has 0 bridgehead atoms. The summed E-state index contributed by atoms with van der Waals surface area (Å²) in [5, 5.41) is 3.60. The highest BCUT2D eigenvalue weighted by atomic mass is 15.2. The summed E-state index contributed by atoms with van der Waals surface area (Å²) < 4.78 is 0. The number of rotatable bonds is 7. The highest BCUT2D eigenvalue weighted by Gasteiger charge is 2.19. The van der Waals surface area contributed by atoms with Gasteiger partial charge in [-0.1, -0.05) is 20.3 Å². The summed E-state index contributed by atoms with van der Waals surface area (Å²) in [6, 6.07) is 1.51. The van der Waals surface area contributed by atoms with Crippen molar-refractivity contribution in [1.29, 1.82) is 0 Å². The summed E-state index contributed by atoms with van der Waals surface area (Å²) in [7, 11) is 0. The molecule has 2 nitrogen and oxygen atoms in total. The van der Waals surface area contributed by atoms with Gasteiger partial charge in [0.05, 0.1) is 0 Å². The lowest BCUT2D eigenvalue weighted by Crippen LogP contribution is -2.42. The third kappa shape index (κ3) is 4.52. The van der Waals surface area contributed by atoms with Gasteiger partial charge in [-0.15, -0.1) is 0 Å². The fourth-order valence-electron chi connectivity index (χ4n) is 2.31. The topological polar surface area (TPSA) is 15.3 Å². The molecule has 1 rings (SSSR count). The molecule has 2 atom stereocenters. The van der Waals surface area contributed by atoms with Crippen molar-refractivity contribution in [1.82, 2.24) is 10.2 Å². The lowest BCUT2D eigenvalue weighted by atomic mass is 10.1. The normalized spacial score (nSPS) is 23.6. The van der Waals surface area contributed by atoms with E-state index in [4.69, 9.17) is 0 Å². The Morgan fingerprint density at radius 3 is 2.73 bits per heavy atom. The van der Waals surface area contributed by atoms with Crippen LogP contribution in [0.25, 0.3) is 0 Å². The van der Waals surface area contributed by atoms with Crippen molar-refractivity contribution in [3.63, 3.8) is 0 Å². The van der Waals surface area contributed by atoms with Gasteiger partial charge in [-0.2, -0.15) is 0 Å². The molecular weight excluding hydrogens is 184 g/mol. The molecule has 15 heavy (non-hydrogen) atoms. The van der Waals surface area contributed by atoms with Gasteiger partial charge in [0.1, 0.15) is 0 Å². The molecule has 0 radical (unpaired) electrons. The Morgan fingerprint density at radius 2 is 2.20 bits per heavy atom. The summed E-state index contributed by atoms with van der Waals surface area (Å²) in [6.45, 7) is 10.7. The average Bonchev–Trinajstić information content (AvgIpc) is 2.75. The third-order valence-corrected chi connectivity index (χ3v) is 3.63. The molecule has 0 aromatic heterocycles. The zero-order chi connectivity index (χ0) is 11.1. The van der Waals surface area contributed by atoms with Gasteiger partial charge >= 0.3 is 0 Å². The van der Waals surface area contributed by atoms with E-state index < -0.39 is 0 Å². The van der Waals surface area contributed by atoms with Crippen molar-refractivity contribution < 1.29 is 0 Å². The second kappa shape index (κ2) is 7.24. The molecule has 1 fully saturated rings. The van der Waals surface area contributed by atoms with Crippen molar-refractivity contribution in [3.05, 3.63) is 0 Å². The zero-order valence-electron chi connectivity index (χ0n) is 10.8. The molecule has 90 valence electrons. The van der Waals surface area contributed by atoms with E-state index >= 15 is 0 Å². The largest absolute Gasteiger partial charge is 0.313 e. The van der Waals surface area contributed by atoms with Crippen LogP contribution in [0.2, 0.25) is 0 Å². The second-order valence-electron chi connectivity index (χ2n) is 4.90. The molecule has 0 aromatic carbocycles. The maximum absolute atomic E-state index is 3.60. The number of unbranched alkanes of at least 4 members (excludes halogenated alkanes) is 1. The lowest BCUT2D eigenvalue weighted by Gasteiger charge is -2.30. The first-order valence-corrected chi connectivity index (χ1v) is 6.75. The van der Waals surface area contributed by atoms with Crippen molar-refractivity contribution >= 4 is 0 Å². The molecule has 1 aliphatic rings. The van der Waals surface area contributed by atoms with Crippen LogP contribution in [-0.4, -0.2) is 36.6 Å². The van der Waals surface area contributed by atoms with Crippen LogP contribution in [0.5, 0.6) is 0 Å². The molecule has 0 aliphatic carbocycles. The van der Waals surface area contributed by atoms with E-state index in [1.807, 2.05) is 0 Å². The van der Waals surface area contributed by atoms with E-state index in [9.17, 15) is 0 Å². The van der Waals surface area contributed by atoms with Gasteiger partial charge in [0.15, 0.2) is 0 Å². The Hall–Kier alpha value is -0.0800. The molecule has 0 amide bonds. The molecule has 1 saturated heterocycles. The predicted molar refractivity (Wildman–Crippen MR) is 67.3 cm³/mol. The van der Waals surface area contributed by atoms with Crippen LogP contribution >= 0.6 is 0 Å². The van der Waals surface area contributed by atoms with E-state index in [-0.39, 0.29) is 0 Å². The SMILES string of the molecule is CCCCN(C[C@@H]1CCCN1)C(C)CC. The summed E-state index contributed by atoms with van der Waals surface area (Å²) in [4.78, 5) is 2.67. The number of nitrogens with zero attached hydrogens (tertiary/aromatic N) is 1. The quantitative estimate of drug-likeness (QED) is 0.698. The van der Waals surface area contributed by atoms with Crippen molar-refractivity contribution in [2.45, 2.75) is 65.0 Å². The molecule has 1 heterocycles. The molecule has 1 N–H and O–H groups in total. The standard InChI is InChI=1S/C13H28N2/c1-4-6-10-15(12(3)5-2)11-13-8-7-9-14-13/h12-14H,4-11H2,1-3H3/t12?,13-/m0/s1. The Balaban J connectivity index is 2.32. The molecule has 1 unspecified atom stereocenters. The molecule has 1 aliphatic heterocycles. The molecule has 0 spiro atoms. The van der Waals surface area contributed by atoms with Crippen LogP contribution in [-0.2, 0) is 0 Å². The first-order valence-electron chi connectivity index (χ1n) is 6.75. The van der Waals surface area contributed by atoms with E-state index in [0.29, 0.717) is 0 Å². The van der Waals surface area contributed by atoms with E-state index in [1.54, 1.807) is 0 Å². The first-order chi connectivity index (χ1) is 7.27. The molecule has 0 aromatic rings. The van der Waals surface area contributed by atoms with Gasteiger partial charge in [0.2, 0.25) is 0 Å². The minimum Gasteiger partial charge on any atom is -0.313 e. The summed E-state index contributed by atoms with van der Waals surface area (Å²) >= 11 is 0. The Bertz CT molecular complexity index is 153. The van der Waals surface area contributed by atoms with Gasteiger partial charge in [-0.25, -0.2) is 0 Å². The van der Waals surface area contributed by atoms with E-state index in [1.165, 1.54) is 51.7 Å². The van der Waals surface area contributed by atoms with Gasteiger partial charge in [-0.3, -0.25) is 4.90 Å². The van der Waals surface area contributed by atoms with Crippen molar-refractivity contribution in [3.8, 4) is 0 Å². The molecular formula is C13H28N2. The van der Waals surface area contributed by atoms with Gasteiger partial charge < -0.3 is 5.32 Å². The fraction of sp³-hybridized carbons (Fsp3) is 1.00. The average molecular weight is 212 g/mol. The Morgan fingerprint density at radius 1 is 1.40 bits per heavy atom. The van der Waals surface area contributed by atoms with Crippen molar-refractivity contribution in [2.24, 2.45) is 0 Å². The minimum atomic E-state index is 0.749. The Kier molecular flexibility index (Phi) is 6.26. The van der Waals surface area contributed by atoms with Crippen LogP contribution in [0.15, 0.2) is 0 Å². The minimum absolute atomic E-state index is 0.749.